The number of hydrogen-bond donors (Lipinski definition) is 0. The fourth-order valence-corrected chi connectivity index (χ4v) is 2.35. The quantitative estimate of drug-likeness (QED) is 0.321. The molecule has 0 fully saturated rings. The SMILES string of the molecule is C=CC(=O)Oc1ccc(-c2cc(F)c(OC(=O)C=C)c(OC(=O)C=C)c2)cc1OC(=O)C=C. The Morgan fingerprint density at radius 3 is 1.61 bits per heavy atom. The molecule has 8 nitrogen and oxygen atoms in total. The van der Waals surface area contributed by atoms with Crippen LogP contribution in [-0.2, 0) is 19.2 Å². The predicted octanol–water partition coefficient (Wildman–Crippen LogP) is 3.86. The van der Waals surface area contributed by atoms with Crippen LogP contribution in [0.15, 0.2) is 81.0 Å². The fourth-order valence-electron chi connectivity index (χ4n) is 2.35. The molecular weight excluding hydrogens is 435 g/mol. The number of rotatable bonds is 9. The van der Waals surface area contributed by atoms with Crippen LogP contribution < -0.4 is 18.9 Å². The van der Waals surface area contributed by atoms with E-state index in [4.69, 9.17) is 18.9 Å². The molecule has 33 heavy (non-hydrogen) atoms. The molecule has 2 aromatic carbocycles. The lowest BCUT2D eigenvalue weighted by atomic mass is 10.0. The summed E-state index contributed by atoms with van der Waals surface area (Å²) in [6.45, 7) is 13.1. The Hall–Kier alpha value is -4.79. The molecule has 0 aliphatic heterocycles. The maximum Gasteiger partial charge on any atom is 0.335 e. The van der Waals surface area contributed by atoms with Crippen LogP contribution in [0, 0.1) is 5.82 Å². The van der Waals surface area contributed by atoms with Gasteiger partial charge in [0.1, 0.15) is 0 Å². The smallest absolute Gasteiger partial charge is 0.335 e. The van der Waals surface area contributed by atoms with Crippen LogP contribution in [0.4, 0.5) is 4.39 Å². The molecule has 0 bridgehead atoms. The van der Waals surface area contributed by atoms with Gasteiger partial charge in [0.25, 0.3) is 0 Å². The average Bonchev–Trinajstić information content (AvgIpc) is 2.81. The zero-order chi connectivity index (χ0) is 24.5. The van der Waals surface area contributed by atoms with Crippen molar-refractivity contribution in [2.45, 2.75) is 0 Å². The summed E-state index contributed by atoms with van der Waals surface area (Å²) < 4.78 is 34.8. The van der Waals surface area contributed by atoms with E-state index >= 15 is 0 Å². The second-order valence-corrected chi connectivity index (χ2v) is 5.95. The number of carbonyl (C=O) groups is 4. The minimum Gasteiger partial charge on any atom is -0.419 e. The van der Waals surface area contributed by atoms with Gasteiger partial charge in [0, 0.05) is 24.3 Å². The first-order valence-electron chi connectivity index (χ1n) is 9.07. The number of ether oxygens (including phenoxy) is 4. The van der Waals surface area contributed by atoms with Gasteiger partial charge in [-0.15, -0.1) is 0 Å². The van der Waals surface area contributed by atoms with Crippen LogP contribution in [-0.4, -0.2) is 23.9 Å². The lowest BCUT2D eigenvalue weighted by Gasteiger charge is -2.14. The minimum absolute atomic E-state index is 0.117. The lowest BCUT2D eigenvalue weighted by molar-refractivity contribution is -0.131. The highest BCUT2D eigenvalue weighted by molar-refractivity contribution is 5.88. The van der Waals surface area contributed by atoms with E-state index in [9.17, 15) is 23.6 Å². The molecule has 2 rings (SSSR count). The van der Waals surface area contributed by atoms with Gasteiger partial charge in [-0.2, -0.15) is 0 Å². The van der Waals surface area contributed by atoms with Crippen molar-refractivity contribution in [3.63, 3.8) is 0 Å². The Bertz CT molecular complexity index is 1180. The molecule has 0 spiro atoms. The molecule has 0 heterocycles. The molecule has 9 heteroatoms. The maximum absolute atomic E-state index is 14.8. The summed E-state index contributed by atoms with van der Waals surface area (Å²) in [5.41, 5.74) is 0.395. The average molecular weight is 452 g/mol. The summed E-state index contributed by atoms with van der Waals surface area (Å²) >= 11 is 0. The van der Waals surface area contributed by atoms with Gasteiger partial charge in [0.05, 0.1) is 0 Å². The summed E-state index contributed by atoms with van der Waals surface area (Å²) in [6.07, 6.45) is 3.43. The summed E-state index contributed by atoms with van der Waals surface area (Å²) in [5, 5.41) is 0. The molecule has 0 unspecified atom stereocenters. The van der Waals surface area contributed by atoms with Crippen LogP contribution in [0.5, 0.6) is 23.0 Å². The summed E-state index contributed by atoms with van der Waals surface area (Å²) in [5.74, 6) is -5.97. The fraction of sp³-hybridized carbons (Fsp3) is 0. The highest BCUT2D eigenvalue weighted by atomic mass is 19.1. The molecule has 0 atom stereocenters. The largest absolute Gasteiger partial charge is 0.419 e. The Kier molecular flexibility index (Phi) is 8.16. The van der Waals surface area contributed by atoms with E-state index in [-0.39, 0.29) is 22.6 Å². The van der Waals surface area contributed by atoms with Crippen LogP contribution in [0.25, 0.3) is 11.1 Å². The van der Waals surface area contributed by atoms with E-state index in [1.165, 1.54) is 24.3 Å². The summed E-state index contributed by atoms with van der Waals surface area (Å²) in [7, 11) is 0. The van der Waals surface area contributed by atoms with Crippen molar-refractivity contribution >= 4 is 23.9 Å². The second kappa shape index (κ2) is 11.0. The van der Waals surface area contributed by atoms with Crippen molar-refractivity contribution in [1.82, 2.24) is 0 Å². The van der Waals surface area contributed by atoms with E-state index in [2.05, 4.69) is 26.3 Å². The number of halogens is 1. The molecule has 0 amide bonds. The van der Waals surface area contributed by atoms with Gasteiger partial charge in [0.15, 0.2) is 23.1 Å². The first-order valence-corrected chi connectivity index (χ1v) is 9.07. The third-order valence-corrected chi connectivity index (χ3v) is 3.79. The van der Waals surface area contributed by atoms with Crippen LogP contribution in [0.2, 0.25) is 0 Å². The Morgan fingerprint density at radius 1 is 0.606 bits per heavy atom. The third kappa shape index (κ3) is 6.34. The van der Waals surface area contributed by atoms with Gasteiger partial charge < -0.3 is 18.9 Å². The molecule has 0 saturated heterocycles. The third-order valence-electron chi connectivity index (χ3n) is 3.79. The Balaban J connectivity index is 2.62. The Morgan fingerprint density at radius 2 is 1.06 bits per heavy atom. The molecule has 0 aliphatic carbocycles. The van der Waals surface area contributed by atoms with Crippen molar-refractivity contribution < 1.29 is 42.5 Å². The number of hydrogen-bond acceptors (Lipinski definition) is 8. The standard InChI is InChI=1S/C24H17FO8/c1-5-20(26)30-17-10-9-14(12-18(17)31-21(27)6-2)15-11-16(25)24(33-23(29)8-4)19(13-15)32-22(28)7-3/h5-13H,1-4H2. The molecular formula is C24H17FO8. The first kappa shape index (κ1) is 24.5. The molecule has 168 valence electrons. The number of carbonyl (C=O) groups excluding carboxylic acids is 4. The first-order chi connectivity index (χ1) is 15.7. The van der Waals surface area contributed by atoms with Gasteiger partial charge in [-0.25, -0.2) is 23.6 Å². The maximum atomic E-state index is 14.8. The Labute approximate surface area is 187 Å². The second-order valence-electron chi connectivity index (χ2n) is 5.95. The summed E-state index contributed by atoms with van der Waals surface area (Å²) in [4.78, 5) is 46.5. The van der Waals surface area contributed by atoms with Crippen LogP contribution in [0.1, 0.15) is 0 Å². The van der Waals surface area contributed by atoms with Crippen LogP contribution >= 0.6 is 0 Å². The number of esters is 4. The molecule has 0 saturated carbocycles. The molecule has 0 aromatic heterocycles. The van der Waals surface area contributed by atoms with E-state index < -0.39 is 41.2 Å². The highest BCUT2D eigenvalue weighted by Gasteiger charge is 2.20. The topological polar surface area (TPSA) is 105 Å². The monoisotopic (exact) mass is 452 g/mol. The van der Waals surface area contributed by atoms with Gasteiger partial charge >= 0.3 is 23.9 Å². The summed E-state index contributed by atoms with van der Waals surface area (Å²) in [6, 6.07) is 6.18. The van der Waals surface area contributed by atoms with Crippen molar-refractivity contribution in [3.05, 3.63) is 86.8 Å². The van der Waals surface area contributed by atoms with E-state index in [0.717, 1.165) is 30.4 Å². The van der Waals surface area contributed by atoms with Gasteiger partial charge in [-0.3, -0.25) is 0 Å². The van der Waals surface area contributed by atoms with Crippen LogP contribution in [0.3, 0.4) is 0 Å². The highest BCUT2D eigenvalue weighted by Crippen LogP contribution is 2.39. The van der Waals surface area contributed by atoms with E-state index in [0.29, 0.717) is 0 Å². The lowest BCUT2D eigenvalue weighted by Crippen LogP contribution is -2.10. The van der Waals surface area contributed by atoms with E-state index in [1.807, 2.05) is 0 Å². The molecule has 0 N–H and O–H groups in total. The minimum atomic E-state index is -1.04. The van der Waals surface area contributed by atoms with Gasteiger partial charge in [0.2, 0.25) is 5.75 Å². The zero-order valence-corrected chi connectivity index (χ0v) is 17.2. The van der Waals surface area contributed by atoms with Crippen molar-refractivity contribution in [1.29, 1.82) is 0 Å². The van der Waals surface area contributed by atoms with Crippen molar-refractivity contribution in [3.8, 4) is 34.1 Å². The molecule has 0 radical (unpaired) electrons. The molecule has 2 aromatic rings. The van der Waals surface area contributed by atoms with Crippen molar-refractivity contribution in [2.24, 2.45) is 0 Å². The predicted molar refractivity (Wildman–Crippen MR) is 115 cm³/mol. The van der Waals surface area contributed by atoms with E-state index in [1.54, 1.807) is 0 Å². The number of benzene rings is 2. The van der Waals surface area contributed by atoms with Gasteiger partial charge in [-0.1, -0.05) is 32.4 Å². The molecule has 0 aliphatic rings. The normalized spacial score (nSPS) is 9.73. The van der Waals surface area contributed by atoms with Gasteiger partial charge in [-0.05, 0) is 35.4 Å². The van der Waals surface area contributed by atoms with Crippen molar-refractivity contribution in [2.75, 3.05) is 0 Å². The zero-order valence-electron chi connectivity index (χ0n) is 17.2.